The average molecular weight is 230 g/mol. The minimum atomic E-state index is -0.325. The average Bonchev–Trinajstić information content (AvgIpc) is 2.77. The van der Waals surface area contributed by atoms with E-state index in [-0.39, 0.29) is 30.4 Å². The zero-order chi connectivity index (χ0) is 12.0. The van der Waals surface area contributed by atoms with Gasteiger partial charge in [0.25, 0.3) is 0 Å². The molecule has 0 aromatic carbocycles. The quantitative estimate of drug-likeness (QED) is 0.595. The number of hydrogen-bond donors (Lipinski definition) is 2. The maximum absolute atomic E-state index is 11.6. The number of esters is 1. The fourth-order valence-electron chi connectivity index (χ4n) is 1.60. The molecule has 0 radical (unpaired) electrons. The van der Waals surface area contributed by atoms with Crippen LogP contribution >= 0.6 is 0 Å². The molecular formula is C10H18N2O4. The van der Waals surface area contributed by atoms with E-state index < -0.39 is 0 Å². The topological polar surface area (TPSA) is 76.7 Å². The van der Waals surface area contributed by atoms with Gasteiger partial charge in [-0.25, -0.2) is 0 Å². The molecule has 1 rings (SSSR count). The number of methoxy groups -OCH3 is 2. The second-order valence-corrected chi connectivity index (χ2v) is 3.67. The van der Waals surface area contributed by atoms with Gasteiger partial charge in [0.05, 0.1) is 25.7 Å². The van der Waals surface area contributed by atoms with Crippen LogP contribution in [0.5, 0.6) is 0 Å². The summed E-state index contributed by atoms with van der Waals surface area (Å²) in [6.07, 6.45) is 0.958. The van der Waals surface area contributed by atoms with Gasteiger partial charge in [-0.1, -0.05) is 0 Å². The smallest absolute Gasteiger partial charge is 0.307 e. The maximum Gasteiger partial charge on any atom is 0.307 e. The fraction of sp³-hybridized carbons (Fsp3) is 0.800. The molecule has 1 fully saturated rings. The van der Waals surface area contributed by atoms with Gasteiger partial charge in [-0.15, -0.1) is 0 Å². The molecule has 16 heavy (non-hydrogen) atoms. The largest absolute Gasteiger partial charge is 0.469 e. The van der Waals surface area contributed by atoms with Gasteiger partial charge in [-0.2, -0.15) is 0 Å². The number of rotatable bonds is 5. The first-order valence-electron chi connectivity index (χ1n) is 5.28. The molecule has 1 saturated heterocycles. The number of carbonyl (C=O) groups excluding carboxylic acids is 2. The van der Waals surface area contributed by atoms with E-state index in [1.807, 2.05) is 0 Å². The molecule has 2 N–H and O–H groups in total. The monoisotopic (exact) mass is 230 g/mol. The van der Waals surface area contributed by atoms with Crippen LogP contribution in [0.15, 0.2) is 0 Å². The van der Waals surface area contributed by atoms with Crippen LogP contribution in [0.1, 0.15) is 12.8 Å². The second-order valence-electron chi connectivity index (χ2n) is 3.67. The SMILES string of the molecule is COC(=O)CCNC(=O)C1CC(OC)CN1. The van der Waals surface area contributed by atoms with Crippen molar-refractivity contribution in [2.45, 2.75) is 25.0 Å². The molecule has 1 amide bonds. The molecule has 2 unspecified atom stereocenters. The molecule has 0 spiro atoms. The van der Waals surface area contributed by atoms with E-state index in [9.17, 15) is 9.59 Å². The number of ether oxygens (including phenoxy) is 2. The molecule has 6 nitrogen and oxygen atoms in total. The van der Waals surface area contributed by atoms with Gasteiger partial charge in [0.2, 0.25) is 5.91 Å². The van der Waals surface area contributed by atoms with E-state index in [1.165, 1.54) is 7.11 Å². The van der Waals surface area contributed by atoms with Crippen molar-refractivity contribution in [1.29, 1.82) is 0 Å². The third-order valence-corrected chi connectivity index (χ3v) is 2.60. The number of nitrogens with one attached hydrogen (secondary N) is 2. The van der Waals surface area contributed by atoms with Gasteiger partial charge < -0.3 is 20.1 Å². The first-order valence-corrected chi connectivity index (χ1v) is 5.28. The summed E-state index contributed by atoms with van der Waals surface area (Å²) in [5.41, 5.74) is 0. The van der Waals surface area contributed by atoms with Crippen LogP contribution in [0.3, 0.4) is 0 Å². The highest BCUT2D eigenvalue weighted by atomic mass is 16.5. The Hall–Kier alpha value is -1.14. The Kier molecular flexibility index (Phi) is 5.21. The molecule has 1 aliphatic heterocycles. The van der Waals surface area contributed by atoms with Gasteiger partial charge in [0, 0.05) is 20.2 Å². The lowest BCUT2D eigenvalue weighted by atomic mass is 10.2. The lowest BCUT2D eigenvalue weighted by Crippen LogP contribution is -2.41. The predicted octanol–water partition coefficient (Wildman–Crippen LogP) is -0.957. The van der Waals surface area contributed by atoms with E-state index in [1.54, 1.807) is 7.11 Å². The summed E-state index contributed by atoms with van der Waals surface area (Å²) < 4.78 is 9.60. The fourth-order valence-corrected chi connectivity index (χ4v) is 1.60. The zero-order valence-electron chi connectivity index (χ0n) is 9.62. The summed E-state index contributed by atoms with van der Waals surface area (Å²) in [5.74, 6) is -0.419. The molecular weight excluding hydrogens is 212 g/mol. The third-order valence-electron chi connectivity index (χ3n) is 2.60. The first kappa shape index (κ1) is 12.9. The Bertz CT molecular complexity index is 257. The van der Waals surface area contributed by atoms with Crippen molar-refractivity contribution in [3.05, 3.63) is 0 Å². The van der Waals surface area contributed by atoms with Crippen molar-refractivity contribution in [1.82, 2.24) is 10.6 Å². The molecule has 1 heterocycles. The number of carbonyl (C=O) groups is 2. The molecule has 2 atom stereocenters. The summed E-state index contributed by atoms with van der Waals surface area (Å²) in [6, 6.07) is -0.220. The molecule has 0 aromatic heterocycles. The summed E-state index contributed by atoms with van der Waals surface area (Å²) in [5, 5.41) is 5.73. The van der Waals surface area contributed by atoms with Crippen molar-refractivity contribution < 1.29 is 19.1 Å². The van der Waals surface area contributed by atoms with Gasteiger partial charge in [-0.3, -0.25) is 9.59 Å². The van der Waals surface area contributed by atoms with Crippen molar-refractivity contribution >= 4 is 11.9 Å². The summed E-state index contributed by atoms with van der Waals surface area (Å²) in [4.78, 5) is 22.4. The van der Waals surface area contributed by atoms with Crippen LogP contribution in [0.4, 0.5) is 0 Å². The van der Waals surface area contributed by atoms with Crippen LogP contribution in [-0.2, 0) is 19.1 Å². The van der Waals surface area contributed by atoms with Crippen LogP contribution in [0.2, 0.25) is 0 Å². The van der Waals surface area contributed by atoms with E-state index in [0.29, 0.717) is 19.5 Å². The Morgan fingerprint density at radius 2 is 2.19 bits per heavy atom. The summed E-state index contributed by atoms with van der Waals surface area (Å²) >= 11 is 0. The lowest BCUT2D eigenvalue weighted by Gasteiger charge is -2.10. The molecule has 92 valence electrons. The van der Waals surface area contributed by atoms with Gasteiger partial charge in [0.15, 0.2) is 0 Å². The van der Waals surface area contributed by atoms with E-state index in [0.717, 1.165) is 0 Å². The van der Waals surface area contributed by atoms with Gasteiger partial charge >= 0.3 is 5.97 Å². The van der Waals surface area contributed by atoms with E-state index >= 15 is 0 Å². The van der Waals surface area contributed by atoms with Gasteiger partial charge in [0.1, 0.15) is 0 Å². The molecule has 0 aromatic rings. The molecule has 1 aliphatic rings. The Balaban J connectivity index is 2.18. The van der Waals surface area contributed by atoms with Crippen LogP contribution in [0.25, 0.3) is 0 Å². The second kappa shape index (κ2) is 6.44. The summed E-state index contributed by atoms with van der Waals surface area (Å²) in [6.45, 7) is 0.993. The Labute approximate surface area is 94.7 Å². The molecule has 0 saturated carbocycles. The molecule has 0 bridgehead atoms. The Morgan fingerprint density at radius 1 is 1.44 bits per heavy atom. The Morgan fingerprint density at radius 3 is 2.75 bits per heavy atom. The molecule has 6 heteroatoms. The van der Waals surface area contributed by atoms with Crippen molar-refractivity contribution in [3.63, 3.8) is 0 Å². The number of hydrogen-bond acceptors (Lipinski definition) is 5. The highest BCUT2D eigenvalue weighted by Crippen LogP contribution is 2.09. The summed E-state index contributed by atoms with van der Waals surface area (Å²) in [7, 11) is 2.95. The normalized spacial score (nSPS) is 24.1. The van der Waals surface area contributed by atoms with Crippen molar-refractivity contribution in [2.24, 2.45) is 0 Å². The van der Waals surface area contributed by atoms with Crippen molar-refractivity contribution in [2.75, 3.05) is 27.3 Å². The van der Waals surface area contributed by atoms with Crippen molar-refractivity contribution in [3.8, 4) is 0 Å². The van der Waals surface area contributed by atoms with Gasteiger partial charge in [-0.05, 0) is 6.42 Å². The van der Waals surface area contributed by atoms with Crippen LogP contribution < -0.4 is 10.6 Å². The number of amides is 1. The zero-order valence-corrected chi connectivity index (χ0v) is 9.62. The maximum atomic E-state index is 11.6. The molecule has 0 aliphatic carbocycles. The minimum absolute atomic E-state index is 0.0938. The van der Waals surface area contributed by atoms with E-state index in [4.69, 9.17) is 4.74 Å². The standard InChI is InChI=1S/C10H18N2O4/c1-15-7-5-8(12-6-7)10(14)11-4-3-9(13)16-2/h7-8,12H,3-6H2,1-2H3,(H,11,14). The highest BCUT2D eigenvalue weighted by Gasteiger charge is 2.28. The van der Waals surface area contributed by atoms with E-state index in [2.05, 4.69) is 15.4 Å². The minimum Gasteiger partial charge on any atom is -0.469 e. The van der Waals surface area contributed by atoms with Crippen LogP contribution in [-0.4, -0.2) is 51.3 Å². The predicted molar refractivity (Wildman–Crippen MR) is 56.8 cm³/mol. The third kappa shape index (κ3) is 3.79. The highest BCUT2D eigenvalue weighted by molar-refractivity contribution is 5.82. The van der Waals surface area contributed by atoms with Crippen LogP contribution in [0, 0.1) is 0 Å². The first-order chi connectivity index (χ1) is 7.67. The lowest BCUT2D eigenvalue weighted by molar-refractivity contribution is -0.140.